The minimum atomic E-state index is 0.0643. The molecule has 0 aromatic heterocycles. The number of methoxy groups -OCH3 is 1. The number of azo groups is 1. The first-order valence-corrected chi connectivity index (χ1v) is 10.7. The van der Waals surface area contributed by atoms with E-state index in [-0.39, 0.29) is 11.7 Å². The average molecular weight is 418 g/mol. The van der Waals surface area contributed by atoms with Gasteiger partial charge in [-0.1, -0.05) is 55.7 Å². The number of ether oxygens (including phenoxy) is 1. The van der Waals surface area contributed by atoms with E-state index in [9.17, 15) is 9.90 Å². The fraction of sp³-hybridized carbons (Fsp3) is 0.320. The van der Waals surface area contributed by atoms with E-state index in [1.54, 1.807) is 13.2 Å². The van der Waals surface area contributed by atoms with Crippen molar-refractivity contribution in [2.45, 2.75) is 44.6 Å². The van der Waals surface area contributed by atoms with Crippen LogP contribution < -0.4 is 10.1 Å². The van der Waals surface area contributed by atoms with Crippen LogP contribution in [0.5, 0.6) is 11.5 Å². The van der Waals surface area contributed by atoms with Crippen LogP contribution in [0.3, 0.4) is 0 Å². The number of amides is 1. The van der Waals surface area contributed by atoms with Crippen molar-refractivity contribution in [1.82, 2.24) is 5.32 Å². The molecular weight excluding hydrogens is 390 g/mol. The number of rotatable bonds is 6. The highest BCUT2D eigenvalue weighted by Gasteiger charge is 2.16. The minimum absolute atomic E-state index is 0.0643. The van der Waals surface area contributed by atoms with Crippen molar-refractivity contribution in [2.24, 2.45) is 10.2 Å². The number of hydrogen-bond donors (Lipinski definition) is 2. The lowest BCUT2D eigenvalue weighted by atomic mass is 9.95. The number of phenolic OH excluding ortho intramolecular Hbond substituents is 1. The molecule has 6 nitrogen and oxygen atoms in total. The van der Waals surface area contributed by atoms with E-state index in [1.807, 2.05) is 48.5 Å². The highest BCUT2D eigenvalue weighted by atomic mass is 16.5. The molecule has 1 aliphatic carbocycles. The van der Waals surface area contributed by atoms with E-state index in [2.05, 4.69) is 15.5 Å². The number of nitrogens with zero attached hydrogens (tertiary/aromatic N) is 2. The summed E-state index contributed by atoms with van der Waals surface area (Å²) in [6.45, 7) is 0. The minimum Gasteiger partial charge on any atom is -0.505 e. The zero-order valence-corrected chi connectivity index (χ0v) is 17.7. The molecule has 0 spiro atoms. The van der Waals surface area contributed by atoms with Gasteiger partial charge < -0.3 is 15.2 Å². The molecule has 2 N–H and O–H groups in total. The molecule has 160 valence electrons. The van der Waals surface area contributed by atoms with Crippen LogP contribution in [-0.2, 0) is 11.2 Å². The van der Waals surface area contributed by atoms with Gasteiger partial charge in [-0.15, -0.1) is 5.11 Å². The first-order valence-electron chi connectivity index (χ1n) is 10.7. The van der Waals surface area contributed by atoms with Crippen molar-refractivity contribution in [1.29, 1.82) is 0 Å². The molecule has 3 aromatic carbocycles. The second-order valence-electron chi connectivity index (χ2n) is 7.94. The predicted octanol–water partition coefficient (Wildman–Crippen LogP) is 5.96. The molecule has 1 saturated carbocycles. The number of aromatic hydroxyl groups is 1. The highest BCUT2D eigenvalue weighted by molar-refractivity contribution is 5.97. The summed E-state index contributed by atoms with van der Waals surface area (Å²) >= 11 is 0. The fourth-order valence-corrected chi connectivity index (χ4v) is 4.06. The molecule has 0 bridgehead atoms. The van der Waals surface area contributed by atoms with Crippen LogP contribution >= 0.6 is 0 Å². The van der Waals surface area contributed by atoms with Gasteiger partial charge in [0.2, 0.25) is 5.91 Å². The Labute approximate surface area is 182 Å². The summed E-state index contributed by atoms with van der Waals surface area (Å²) in [6, 6.07) is 16.9. The lowest BCUT2D eigenvalue weighted by Gasteiger charge is -2.22. The van der Waals surface area contributed by atoms with E-state index in [0.29, 0.717) is 35.0 Å². The van der Waals surface area contributed by atoms with Gasteiger partial charge in [0, 0.05) is 22.9 Å². The first kappa shape index (κ1) is 20.8. The first-order chi connectivity index (χ1) is 15.1. The largest absolute Gasteiger partial charge is 0.505 e. The Kier molecular flexibility index (Phi) is 6.46. The van der Waals surface area contributed by atoms with E-state index < -0.39 is 0 Å². The van der Waals surface area contributed by atoms with E-state index in [4.69, 9.17) is 4.74 Å². The third-order valence-electron chi connectivity index (χ3n) is 5.72. The van der Waals surface area contributed by atoms with Crippen LogP contribution in [0.25, 0.3) is 10.8 Å². The maximum absolute atomic E-state index is 12.3. The van der Waals surface area contributed by atoms with Gasteiger partial charge in [0.1, 0.15) is 11.4 Å². The molecule has 0 aliphatic heterocycles. The topological polar surface area (TPSA) is 83.3 Å². The Morgan fingerprint density at radius 3 is 2.45 bits per heavy atom. The van der Waals surface area contributed by atoms with Gasteiger partial charge in [-0.3, -0.25) is 4.79 Å². The molecule has 1 aliphatic rings. The normalized spacial score (nSPS) is 14.7. The molecular formula is C25H27N3O3. The summed E-state index contributed by atoms with van der Waals surface area (Å²) in [6.07, 6.45) is 6.18. The average Bonchev–Trinajstić information content (AvgIpc) is 2.80. The number of benzene rings is 3. The zero-order valence-electron chi connectivity index (χ0n) is 17.7. The van der Waals surface area contributed by atoms with Gasteiger partial charge in [0.05, 0.1) is 19.2 Å². The zero-order chi connectivity index (χ0) is 21.6. The molecule has 1 fully saturated rings. The summed E-state index contributed by atoms with van der Waals surface area (Å²) in [5.74, 6) is 0.757. The number of nitrogens with one attached hydrogen (secondary N) is 1. The highest BCUT2D eigenvalue weighted by Crippen LogP contribution is 2.41. The van der Waals surface area contributed by atoms with Crippen molar-refractivity contribution in [3.05, 3.63) is 60.2 Å². The summed E-state index contributed by atoms with van der Waals surface area (Å²) < 4.78 is 5.43. The van der Waals surface area contributed by atoms with Gasteiger partial charge in [-0.25, -0.2) is 0 Å². The smallest absolute Gasteiger partial charge is 0.224 e. The van der Waals surface area contributed by atoms with Crippen LogP contribution in [0.1, 0.15) is 37.7 Å². The number of phenols is 1. The summed E-state index contributed by atoms with van der Waals surface area (Å²) in [7, 11) is 1.59. The van der Waals surface area contributed by atoms with Gasteiger partial charge in [0.25, 0.3) is 0 Å². The summed E-state index contributed by atoms with van der Waals surface area (Å²) in [4.78, 5) is 12.3. The number of hydrogen-bond acceptors (Lipinski definition) is 5. The Balaban J connectivity index is 1.44. The van der Waals surface area contributed by atoms with E-state index in [0.717, 1.165) is 23.8 Å². The number of carbonyl (C=O) groups is 1. The molecule has 6 heteroatoms. The molecule has 4 rings (SSSR count). The number of fused-ring (bicyclic) bond motifs is 1. The van der Waals surface area contributed by atoms with Crippen molar-refractivity contribution in [2.75, 3.05) is 7.11 Å². The molecule has 1 amide bonds. The van der Waals surface area contributed by atoms with Crippen LogP contribution in [0.15, 0.2) is 64.8 Å². The predicted molar refractivity (Wildman–Crippen MR) is 122 cm³/mol. The monoisotopic (exact) mass is 417 g/mol. The van der Waals surface area contributed by atoms with Crippen LogP contribution in [-0.4, -0.2) is 24.2 Å². The van der Waals surface area contributed by atoms with Crippen LogP contribution in [0.4, 0.5) is 11.4 Å². The van der Waals surface area contributed by atoms with E-state index >= 15 is 0 Å². The fourth-order valence-electron chi connectivity index (χ4n) is 4.06. The Hall–Kier alpha value is -3.41. The molecule has 0 saturated heterocycles. The molecule has 3 aromatic rings. The van der Waals surface area contributed by atoms with Crippen LogP contribution in [0.2, 0.25) is 0 Å². The van der Waals surface area contributed by atoms with Crippen molar-refractivity contribution in [3.63, 3.8) is 0 Å². The molecule has 0 unspecified atom stereocenters. The van der Waals surface area contributed by atoms with Gasteiger partial charge >= 0.3 is 0 Å². The van der Waals surface area contributed by atoms with Crippen molar-refractivity contribution < 1.29 is 14.6 Å². The summed E-state index contributed by atoms with van der Waals surface area (Å²) in [5, 5.41) is 23.7. The molecule has 0 heterocycles. The summed E-state index contributed by atoms with van der Waals surface area (Å²) in [5.41, 5.74) is 1.91. The van der Waals surface area contributed by atoms with Crippen molar-refractivity contribution >= 4 is 28.1 Å². The molecule has 0 atom stereocenters. The Morgan fingerprint density at radius 1 is 1.03 bits per heavy atom. The standard InChI is InChI=1S/C25H27N3O3/c1-31-23-16-22(25(30)21-10-6-5-9-20(21)23)28-27-19-13-11-17(12-14-19)15-24(29)26-18-7-3-2-4-8-18/h5-6,9-14,16,18,30H,2-4,7-8,15H2,1H3,(H,26,29). The Morgan fingerprint density at radius 2 is 1.74 bits per heavy atom. The Bertz CT molecular complexity index is 1090. The quantitative estimate of drug-likeness (QED) is 0.485. The van der Waals surface area contributed by atoms with Crippen LogP contribution in [0, 0.1) is 0 Å². The second-order valence-corrected chi connectivity index (χ2v) is 7.94. The van der Waals surface area contributed by atoms with Gasteiger partial charge in [-0.05, 0) is 30.5 Å². The SMILES string of the molecule is COc1cc(N=Nc2ccc(CC(=O)NC3CCCCC3)cc2)c(O)c2ccccc12. The maximum atomic E-state index is 12.3. The maximum Gasteiger partial charge on any atom is 0.224 e. The van der Waals surface area contributed by atoms with Gasteiger partial charge in [0.15, 0.2) is 5.75 Å². The third kappa shape index (κ3) is 5.02. The van der Waals surface area contributed by atoms with Crippen molar-refractivity contribution in [3.8, 4) is 11.5 Å². The lowest BCUT2D eigenvalue weighted by Crippen LogP contribution is -2.37. The second kappa shape index (κ2) is 9.60. The molecule has 31 heavy (non-hydrogen) atoms. The third-order valence-corrected chi connectivity index (χ3v) is 5.72. The lowest BCUT2D eigenvalue weighted by molar-refractivity contribution is -0.121. The van der Waals surface area contributed by atoms with Gasteiger partial charge in [-0.2, -0.15) is 5.11 Å². The van der Waals surface area contributed by atoms with E-state index in [1.165, 1.54) is 19.3 Å². The molecule has 0 radical (unpaired) electrons. The number of carbonyl (C=O) groups excluding carboxylic acids is 1.